The van der Waals surface area contributed by atoms with Crippen LogP contribution in [0.4, 0.5) is 13.2 Å². The summed E-state index contributed by atoms with van der Waals surface area (Å²) in [6.45, 7) is -0.556. The van der Waals surface area contributed by atoms with Gasteiger partial charge in [-0.2, -0.15) is 13.2 Å². The number of aromatic carboxylic acids is 1. The number of rotatable bonds is 5. The van der Waals surface area contributed by atoms with Crippen LogP contribution in [0.2, 0.25) is 0 Å². The van der Waals surface area contributed by atoms with Gasteiger partial charge in [-0.3, -0.25) is 4.79 Å². The molecule has 0 saturated heterocycles. The first-order valence-corrected chi connectivity index (χ1v) is 5.21. The number of halogens is 3. The van der Waals surface area contributed by atoms with Crippen LogP contribution in [0.25, 0.3) is 0 Å². The quantitative estimate of drug-likeness (QED) is 0.842. The van der Waals surface area contributed by atoms with Crippen LogP contribution in [0.5, 0.6) is 0 Å². The molecule has 1 N–H and O–H groups in total. The van der Waals surface area contributed by atoms with E-state index in [1.807, 2.05) is 0 Å². The Balaban J connectivity index is 2.68. The summed E-state index contributed by atoms with van der Waals surface area (Å²) < 4.78 is 37.5. The number of hydrogen-bond donors (Lipinski definition) is 1. The Morgan fingerprint density at radius 2 is 2.11 bits per heavy atom. The van der Waals surface area contributed by atoms with E-state index in [1.54, 1.807) is 0 Å². The Hall–Kier alpha value is -2.13. The maximum Gasteiger partial charge on any atom is 0.406 e. The molecule has 0 aliphatic heterocycles. The van der Waals surface area contributed by atoms with Gasteiger partial charge in [0, 0.05) is 6.54 Å². The van der Waals surface area contributed by atoms with E-state index in [0.29, 0.717) is 4.90 Å². The summed E-state index contributed by atoms with van der Waals surface area (Å²) in [5.74, 6) is -2.15. The van der Waals surface area contributed by atoms with Crippen molar-refractivity contribution in [3.05, 3.63) is 11.9 Å². The first kappa shape index (κ1) is 14.9. The highest BCUT2D eigenvalue weighted by molar-refractivity contribution is 5.84. The number of alkyl halides is 3. The first-order chi connectivity index (χ1) is 8.73. The smallest absolute Gasteiger partial charge is 0.406 e. The molecule has 19 heavy (non-hydrogen) atoms. The summed E-state index contributed by atoms with van der Waals surface area (Å²) >= 11 is 0. The summed E-state index contributed by atoms with van der Waals surface area (Å²) in [5, 5.41) is 15.2. The zero-order valence-electron chi connectivity index (χ0n) is 9.89. The Labute approximate surface area is 105 Å². The van der Waals surface area contributed by atoms with Gasteiger partial charge in [0.15, 0.2) is 5.69 Å². The second-order valence-electron chi connectivity index (χ2n) is 3.63. The lowest BCUT2D eigenvalue weighted by atomic mass is 10.4. The summed E-state index contributed by atoms with van der Waals surface area (Å²) in [5.41, 5.74) is -0.383. The lowest BCUT2D eigenvalue weighted by Crippen LogP contribution is -2.40. The molecule has 106 valence electrons. The number of hydrogen-bond acceptors (Lipinski definition) is 4. The van der Waals surface area contributed by atoms with E-state index in [0.717, 1.165) is 10.9 Å². The second kappa shape index (κ2) is 5.67. The highest BCUT2D eigenvalue weighted by Gasteiger charge is 2.32. The minimum atomic E-state index is -4.49. The molecule has 1 amide bonds. The van der Waals surface area contributed by atoms with E-state index in [-0.39, 0.29) is 12.2 Å². The van der Waals surface area contributed by atoms with E-state index < -0.39 is 31.1 Å². The van der Waals surface area contributed by atoms with Crippen molar-refractivity contribution in [3.8, 4) is 0 Å². The number of carboxylic acid groups (broad SMARTS) is 1. The Morgan fingerprint density at radius 1 is 1.47 bits per heavy atom. The van der Waals surface area contributed by atoms with Gasteiger partial charge in [0.1, 0.15) is 13.1 Å². The van der Waals surface area contributed by atoms with Gasteiger partial charge < -0.3 is 10.0 Å². The third-order valence-electron chi connectivity index (χ3n) is 2.16. The minimum Gasteiger partial charge on any atom is -0.476 e. The maximum absolute atomic E-state index is 12.2. The summed E-state index contributed by atoms with van der Waals surface area (Å²) in [4.78, 5) is 22.7. The summed E-state index contributed by atoms with van der Waals surface area (Å²) in [7, 11) is 0. The highest BCUT2D eigenvalue weighted by Crippen LogP contribution is 2.16. The molecule has 1 aromatic heterocycles. The highest BCUT2D eigenvalue weighted by atomic mass is 19.4. The Bertz CT molecular complexity index is 472. The fourth-order valence-electron chi connectivity index (χ4n) is 1.31. The van der Waals surface area contributed by atoms with Gasteiger partial charge in [-0.15, -0.1) is 5.10 Å². The molecule has 0 spiro atoms. The molecule has 0 atom stereocenters. The monoisotopic (exact) mass is 280 g/mol. The third kappa shape index (κ3) is 4.56. The van der Waals surface area contributed by atoms with Crippen molar-refractivity contribution in [1.82, 2.24) is 19.9 Å². The molecule has 0 bridgehead atoms. The van der Waals surface area contributed by atoms with Crippen molar-refractivity contribution in [2.24, 2.45) is 0 Å². The van der Waals surface area contributed by atoms with Gasteiger partial charge in [0.25, 0.3) is 0 Å². The van der Waals surface area contributed by atoms with Crippen molar-refractivity contribution in [1.29, 1.82) is 0 Å². The third-order valence-corrected chi connectivity index (χ3v) is 2.16. The molecule has 1 heterocycles. The lowest BCUT2D eigenvalue weighted by molar-refractivity contribution is -0.161. The van der Waals surface area contributed by atoms with Gasteiger partial charge in [-0.1, -0.05) is 5.21 Å². The molecule has 0 fully saturated rings. The molecule has 0 saturated carbocycles. The maximum atomic E-state index is 12.2. The normalized spacial score (nSPS) is 11.4. The predicted octanol–water partition coefficient (Wildman–Crippen LogP) is 0.387. The van der Waals surface area contributed by atoms with Crippen LogP contribution >= 0.6 is 0 Å². The fraction of sp³-hybridized carbons (Fsp3) is 0.556. The molecule has 0 aliphatic rings. The van der Waals surface area contributed by atoms with Gasteiger partial charge >= 0.3 is 12.1 Å². The number of nitrogens with zero attached hydrogens (tertiary/aromatic N) is 4. The predicted molar refractivity (Wildman–Crippen MR) is 55.3 cm³/mol. The van der Waals surface area contributed by atoms with Crippen LogP contribution in [-0.2, 0) is 11.3 Å². The van der Waals surface area contributed by atoms with Crippen LogP contribution in [-0.4, -0.2) is 56.1 Å². The largest absolute Gasteiger partial charge is 0.476 e. The number of aromatic nitrogens is 3. The zero-order chi connectivity index (χ0) is 14.6. The van der Waals surface area contributed by atoms with Gasteiger partial charge in [0.05, 0.1) is 6.20 Å². The first-order valence-electron chi connectivity index (χ1n) is 5.21. The van der Waals surface area contributed by atoms with Crippen molar-refractivity contribution < 1.29 is 27.9 Å². The molecular weight excluding hydrogens is 269 g/mol. The number of carboxylic acids is 1. The number of carbonyl (C=O) groups is 2. The fourth-order valence-corrected chi connectivity index (χ4v) is 1.31. The average molecular weight is 280 g/mol. The van der Waals surface area contributed by atoms with Crippen molar-refractivity contribution in [3.63, 3.8) is 0 Å². The number of likely N-dealkylation sites (N-methyl/N-ethyl adjacent to an activating group) is 1. The van der Waals surface area contributed by atoms with Crippen LogP contribution in [0.3, 0.4) is 0 Å². The van der Waals surface area contributed by atoms with Crippen LogP contribution in [0.15, 0.2) is 6.20 Å². The molecule has 0 radical (unpaired) electrons. The van der Waals surface area contributed by atoms with E-state index >= 15 is 0 Å². The van der Waals surface area contributed by atoms with E-state index in [4.69, 9.17) is 5.11 Å². The van der Waals surface area contributed by atoms with Crippen LogP contribution < -0.4 is 0 Å². The average Bonchev–Trinajstić information content (AvgIpc) is 2.73. The second-order valence-corrected chi connectivity index (χ2v) is 3.63. The Kier molecular flexibility index (Phi) is 4.46. The molecule has 7 nitrogen and oxygen atoms in total. The van der Waals surface area contributed by atoms with Crippen molar-refractivity contribution in [2.45, 2.75) is 19.6 Å². The van der Waals surface area contributed by atoms with Gasteiger partial charge in [0.2, 0.25) is 5.91 Å². The number of amides is 1. The standard InChI is InChI=1S/C9H11F3N4O3/c1-2-15(5-9(10,11)12)7(17)4-16-3-6(8(18)19)13-14-16/h3H,2,4-5H2,1H3,(H,18,19). The zero-order valence-corrected chi connectivity index (χ0v) is 9.89. The van der Waals surface area contributed by atoms with Crippen molar-refractivity contribution >= 4 is 11.9 Å². The molecule has 10 heteroatoms. The topological polar surface area (TPSA) is 88.3 Å². The number of carbonyl (C=O) groups excluding carboxylic acids is 1. The molecule has 0 unspecified atom stereocenters. The molecule has 0 aliphatic carbocycles. The van der Waals surface area contributed by atoms with Gasteiger partial charge in [-0.05, 0) is 6.92 Å². The Morgan fingerprint density at radius 3 is 2.53 bits per heavy atom. The summed E-state index contributed by atoms with van der Waals surface area (Å²) in [6, 6.07) is 0. The van der Waals surface area contributed by atoms with E-state index in [9.17, 15) is 22.8 Å². The van der Waals surface area contributed by atoms with Crippen LogP contribution in [0, 0.1) is 0 Å². The molecular formula is C9H11F3N4O3. The molecule has 1 aromatic rings. The SMILES string of the molecule is CCN(CC(F)(F)F)C(=O)Cn1cc(C(=O)O)nn1. The molecule has 0 aromatic carbocycles. The lowest BCUT2D eigenvalue weighted by Gasteiger charge is -2.22. The van der Waals surface area contributed by atoms with Crippen molar-refractivity contribution in [2.75, 3.05) is 13.1 Å². The summed E-state index contributed by atoms with van der Waals surface area (Å²) in [6.07, 6.45) is -3.51. The van der Waals surface area contributed by atoms with E-state index in [1.165, 1.54) is 6.92 Å². The minimum absolute atomic E-state index is 0.112. The van der Waals surface area contributed by atoms with Gasteiger partial charge in [-0.25, -0.2) is 9.48 Å². The van der Waals surface area contributed by atoms with E-state index in [2.05, 4.69) is 10.3 Å². The molecule has 1 rings (SSSR count). The van der Waals surface area contributed by atoms with Crippen LogP contribution in [0.1, 0.15) is 17.4 Å².